The molecule has 2 rings (SSSR count). The molecule has 110 valence electrons. The lowest BCUT2D eigenvalue weighted by molar-refractivity contribution is 0.108. The molecule has 1 aliphatic carbocycles. The highest BCUT2D eigenvalue weighted by molar-refractivity contribution is 8.13. The zero-order valence-corrected chi connectivity index (χ0v) is 13.2. The van der Waals surface area contributed by atoms with Crippen LogP contribution in [0.4, 0.5) is 0 Å². The Morgan fingerprint density at radius 3 is 2.79 bits per heavy atom. The number of nitrogens with one attached hydrogen (secondary N) is 1. The van der Waals surface area contributed by atoms with Crippen LogP contribution in [0.25, 0.3) is 0 Å². The number of hydrogen-bond donors (Lipinski definition) is 1. The molecule has 0 atom stereocenters. The number of aliphatic imine (C=N–C) groups is 1. The van der Waals surface area contributed by atoms with Crippen LogP contribution in [0, 0.1) is 11.3 Å². The van der Waals surface area contributed by atoms with Crippen LogP contribution < -0.4 is 5.32 Å². The summed E-state index contributed by atoms with van der Waals surface area (Å²) in [5.74, 6) is 1.90. The summed E-state index contributed by atoms with van der Waals surface area (Å²) in [5.41, 5.74) is 0.552. The second-order valence-corrected chi connectivity index (χ2v) is 7.33. The van der Waals surface area contributed by atoms with Crippen LogP contribution in [0.15, 0.2) is 4.99 Å². The van der Waals surface area contributed by atoms with Gasteiger partial charge in [0.1, 0.15) is 0 Å². The molecule has 1 N–H and O–H groups in total. The smallest absolute Gasteiger partial charge is 0.156 e. The summed E-state index contributed by atoms with van der Waals surface area (Å²) in [6.07, 6.45) is 6.66. The fourth-order valence-electron chi connectivity index (χ4n) is 2.78. The molecular formula is C15H28N2OS. The third kappa shape index (κ3) is 4.99. The van der Waals surface area contributed by atoms with Crippen molar-refractivity contribution in [2.24, 2.45) is 16.3 Å². The van der Waals surface area contributed by atoms with Crippen LogP contribution >= 0.6 is 11.8 Å². The Kier molecular flexibility index (Phi) is 6.02. The van der Waals surface area contributed by atoms with Crippen LogP contribution in [0.2, 0.25) is 0 Å². The summed E-state index contributed by atoms with van der Waals surface area (Å²) in [6, 6.07) is 0. The lowest BCUT2D eigenvalue weighted by atomic mass is 9.89. The number of rotatable bonds is 6. The number of thioether (sulfide) groups is 1. The minimum atomic E-state index is 0.552. The van der Waals surface area contributed by atoms with Gasteiger partial charge in [-0.1, -0.05) is 38.5 Å². The van der Waals surface area contributed by atoms with Crippen molar-refractivity contribution in [3.63, 3.8) is 0 Å². The zero-order valence-electron chi connectivity index (χ0n) is 12.4. The minimum absolute atomic E-state index is 0.552. The van der Waals surface area contributed by atoms with Crippen LogP contribution in [-0.2, 0) is 4.74 Å². The maximum atomic E-state index is 5.57. The molecule has 0 saturated heterocycles. The highest BCUT2D eigenvalue weighted by Crippen LogP contribution is 2.43. The number of hydrogen-bond acceptors (Lipinski definition) is 4. The predicted molar refractivity (Wildman–Crippen MR) is 83.9 cm³/mol. The van der Waals surface area contributed by atoms with Gasteiger partial charge in [0.15, 0.2) is 5.17 Å². The van der Waals surface area contributed by atoms with E-state index in [-0.39, 0.29) is 0 Å². The molecule has 3 nitrogen and oxygen atoms in total. The van der Waals surface area contributed by atoms with Gasteiger partial charge in [-0.3, -0.25) is 4.99 Å². The molecule has 4 heteroatoms. The maximum Gasteiger partial charge on any atom is 0.156 e. The molecule has 1 aliphatic heterocycles. The molecule has 0 aromatic rings. The van der Waals surface area contributed by atoms with E-state index >= 15 is 0 Å². The van der Waals surface area contributed by atoms with E-state index in [9.17, 15) is 0 Å². The first-order chi connectivity index (χ1) is 9.20. The van der Waals surface area contributed by atoms with E-state index < -0.39 is 0 Å². The lowest BCUT2D eigenvalue weighted by Crippen LogP contribution is -2.34. The summed E-state index contributed by atoms with van der Waals surface area (Å²) in [5, 5.41) is 4.60. The fraction of sp³-hybridized carbons (Fsp3) is 0.933. The maximum absolute atomic E-state index is 5.57. The summed E-state index contributed by atoms with van der Waals surface area (Å²) < 4.78 is 5.57. The van der Waals surface area contributed by atoms with Crippen LogP contribution in [0.3, 0.4) is 0 Å². The summed E-state index contributed by atoms with van der Waals surface area (Å²) in [6.45, 7) is 8.13. The van der Waals surface area contributed by atoms with Gasteiger partial charge >= 0.3 is 0 Å². The number of amidine groups is 1. The van der Waals surface area contributed by atoms with Gasteiger partial charge in [-0.05, 0) is 30.6 Å². The van der Waals surface area contributed by atoms with Gasteiger partial charge < -0.3 is 10.1 Å². The Hall–Kier alpha value is -0.220. The molecule has 0 amide bonds. The van der Waals surface area contributed by atoms with E-state index in [4.69, 9.17) is 9.73 Å². The average molecular weight is 284 g/mol. The first-order valence-corrected chi connectivity index (χ1v) is 8.68. The van der Waals surface area contributed by atoms with Crippen molar-refractivity contribution >= 4 is 16.9 Å². The van der Waals surface area contributed by atoms with Gasteiger partial charge in [-0.2, -0.15) is 0 Å². The van der Waals surface area contributed by atoms with Crippen molar-refractivity contribution in [3.05, 3.63) is 0 Å². The lowest BCUT2D eigenvalue weighted by Gasteiger charge is -2.31. The first kappa shape index (κ1) is 15.2. The third-order valence-electron chi connectivity index (χ3n) is 3.93. The van der Waals surface area contributed by atoms with Crippen molar-refractivity contribution < 1.29 is 4.74 Å². The molecule has 0 aromatic carbocycles. The molecule has 19 heavy (non-hydrogen) atoms. The van der Waals surface area contributed by atoms with Gasteiger partial charge in [-0.15, -0.1) is 0 Å². The van der Waals surface area contributed by atoms with Crippen molar-refractivity contribution in [2.45, 2.75) is 46.0 Å². The fourth-order valence-corrected chi connectivity index (χ4v) is 3.96. The van der Waals surface area contributed by atoms with Crippen LogP contribution in [0.5, 0.6) is 0 Å². The highest BCUT2D eigenvalue weighted by Gasteiger charge is 2.36. The predicted octanol–water partition coefficient (Wildman–Crippen LogP) is 3.30. The van der Waals surface area contributed by atoms with Crippen LogP contribution in [0.1, 0.15) is 46.0 Å². The van der Waals surface area contributed by atoms with Gasteiger partial charge in [-0.25, -0.2) is 0 Å². The number of ether oxygens (including phenoxy) is 1. The Balaban J connectivity index is 1.56. The molecule has 0 radical (unpaired) electrons. The molecule has 1 fully saturated rings. The second kappa shape index (κ2) is 7.53. The summed E-state index contributed by atoms with van der Waals surface area (Å²) in [4.78, 5) is 4.74. The third-order valence-corrected chi connectivity index (χ3v) is 5.23. The highest BCUT2D eigenvalue weighted by atomic mass is 32.2. The largest absolute Gasteiger partial charge is 0.381 e. The Morgan fingerprint density at radius 1 is 1.37 bits per heavy atom. The van der Waals surface area contributed by atoms with Gasteiger partial charge in [0.05, 0.1) is 0 Å². The summed E-state index contributed by atoms with van der Waals surface area (Å²) in [7, 11) is 0. The standard InChI is InChI=1S/C15H28N2OS/c1-13(2)10-18-9-5-8-16-14-17-11-15(12-19-14)6-3-4-7-15/h13H,3-12H2,1-2H3,(H,16,17). The molecule has 2 aliphatic rings. The molecule has 1 heterocycles. The summed E-state index contributed by atoms with van der Waals surface area (Å²) >= 11 is 1.93. The van der Waals surface area contributed by atoms with E-state index in [1.807, 2.05) is 11.8 Å². The van der Waals surface area contributed by atoms with Crippen molar-refractivity contribution in [1.29, 1.82) is 0 Å². The van der Waals surface area contributed by atoms with E-state index in [1.165, 1.54) is 31.4 Å². The van der Waals surface area contributed by atoms with E-state index in [2.05, 4.69) is 19.2 Å². The van der Waals surface area contributed by atoms with E-state index in [1.54, 1.807) is 0 Å². The van der Waals surface area contributed by atoms with E-state index in [0.717, 1.165) is 37.9 Å². The molecule has 1 saturated carbocycles. The average Bonchev–Trinajstić information content (AvgIpc) is 2.84. The van der Waals surface area contributed by atoms with Crippen molar-refractivity contribution in [3.8, 4) is 0 Å². The van der Waals surface area contributed by atoms with Crippen molar-refractivity contribution in [1.82, 2.24) is 5.32 Å². The van der Waals surface area contributed by atoms with Crippen LogP contribution in [-0.4, -0.2) is 37.2 Å². The van der Waals surface area contributed by atoms with Gasteiger partial charge in [0.25, 0.3) is 0 Å². The zero-order chi connectivity index (χ0) is 13.6. The topological polar surface area (TPSA) is 33.6 Å². The Morgan fingerprint density at radius 2 is 2.16 bits per heavy atom. The molecule has 1 spiro atoms. The Bertz CT molecular complexity index is 299. The van der Waals surface area contributed by atoms with Gasteiger partial charge in [0.2, 0.25) is 0 Å². The molecule has 0 bridgehead atoms. The second-order valence-electron chi connectivity index (χ2n) is 6.37. The normalized spacial score (nSPS) is 21.9. The molecular weight excluding hydrogens is 256 g/mol. The minimum Gasteiger partial charge on any atom is -0.381 e. The van der Waals surface area contributed by atoms with E-state index in [0.29, 0.717) is 11.3 Å². The first-order valence-electron chi connectivity index (χ1n) is 7.69. The number of nitrogens with zero attached hydrogens (tertiary/aromatic N) is 1. The SMILES string of the molecule is CC(C)COCCCNC1=NCC2(CCCC2)CS1. The van der Waals surface area contributed by atoms with Gasteiger partial charge in [0, 0.05) is 32.1 Å². The molecule has 0 unspecified atom stereocenters. The Labute approximate surface area is 122 Å². The molecule has 0 aromatic heterocycles. The van der Waals surface area contributed by atoms with Crippen molar-refractivity contribution in [2.75, 3.05) is 32.1 Å². The monoisotopic (exact) mass is 284 g/mol. The quantitative estimate of drug-likeness (QED) is 0.760.